The molecule has 0 bridgehead atoms. The second-order valence-corrected chi connectivity index (χ2v) is 10.1. The molecule has 1 aromatic heterocycles. The lowest BCUT2D eigenvalue weighted by Crippen LogP contribution is -2.40. The van der Waals surface area contributed by atoms with Crippen LogP contribution in [-0.2, 0) is 9.53 Å². The van der Waals surface area contributed by atoms with E-state index >= 15 is 0 Å². The molecule has 0 spiro atoms. The molecule has 8 nitrogen and oxygen atoms in total. The third-order valence-corrected chi connectivity index (χ3v) is 7.53. The maximum absolute atomic E-state index is 13.8. The standard InChI is InChI=1S/C26H26BrN3O5S/c1-14-22(25(32)35-6)23(17-9-8-16(33-4)13-20(17)34-5)30-24(31)21(36-26(30)28-14)12-15-7-10-19(29(2)3)18(27)11-15/h7-13,23H,1-6H3. The number of aromatic nitrogens is 1. The predicted octanol–water partition coefficient (Wildman–Crippen LogP) is 3.25. The minimum Gasteiger partial charge on any atom is -0.497 e. The zero-order valence-corrected chi connectivity index (χ0v) is 23.2. The lowest BCUT2D eigenvalue weighted by molar-refractivity contribution is -0.136. The monoisotopic (exact) mass is 571 g/mol. The molecule has 2 aromatic carbocycles. The van der Waals surface area contributed by atoms with E-state index in [0.717, 1.165) is 15.7 Å². The molecule has 36 heavy (non-hydrogen) atoms. The fourth-order valence-electron chi connectivity index (χ4n) is 4.16. The van der Waals surface area contributed by atoms with Gasteiger partial charge in [0.05, 0.1) is 42.8 Å². The van der Waals surface area contributed by atoms with Gasteiger partial charge in [0.25, 0.3) is 5.56 Å². The Hall–Kier alpha value is -3.37. The number of carbonyl (C=O) groups is 1. The van der Waals surface area contributed by atoms with Crippen molar-refractivity contribution in [2.45, 2.75) is 13.0 Å². The first kappa shape index (κ1) is 25.7. The van der Waals surface area contributed by atoms with Crippen LogP contribution in [0.2, 0.25) is 0 Å². The summed E-state index contributed by atoms with van der Waals surface area (Å²) in [6, 6.07) is 10.4. The van der Waals surface area contributed by atoms with Crippen LogP contribution in [0.15, 0.2) is 61.9 Å². The Morgan fingerprint density at radius 2 is 1.89 bits per heavy atom. The second-order valence-electron chi connectivity index (χ2n) is 8.29. The summed E-state index contributed by atoms with van der Waals surface area (Å²) in [5.41, 5.74) is 3.01. The van der Waals surface area contributed by atoms with E-state index in [2.05, 4.69) is 20.9 Å². The van der Waals surface area contributed by atoms with Gasteiger partial charge in [0.1, 0.15) is 17.5 Å². The van der Waals surface area contributed by atoms with E-state index in [1.54, 1.807) is 32.2 Å². The highest BCUT2D eigenvalue weighted by Gasteiger charge is 2.35. The van der Waals surface area contributed by atoms with Gasteiger partial charge in [0.2, 0.25) is 0 Å². The molecule has 2 heterocycles. The molecule has 0 saturated heterocycles. The van der Waals surface area contributed by atoms with Crippen LogP contribution >= 0.6 is 27.3 Å². The number of esters is 1. The number of hydrogen-bond acceptors (Lipinski definition) is 8. The van der Waals surface area contributed by atoms with Crippen molar-refractivity contribution in [1.82, 2.24) is 4.57 Å². The summed E-state index contributed by atoms with van der Waals surface area (Å²) in [6.45, 7) is 1.74. The first-order valence-corrected chi connectivity index (χ1v) is 12.6. The topological polar surface area (TPSA) is 82.4 Å². The first-order valence-electron chi connectivity index (χ1n) is 11.0. The summed E-state index contributed by atoms with van der Waals surface area (Å²) in [4.78, 5) is 33.8. The molecule has 0 N–H and O–H groups in total. The number of anilines is 1. The molecule has 0 fully saturated rings. The van der Waals surface area contributed by atoms with E-state index < -0.39 is 12.0 Å². The first-order chi connectivity index (χ1) is 17.2. The Kier molecular flexibility index (Phi) is 7.37. The second kappa shape index (κ2) is 10.3. The van der Waals surface area contributed by atoms with Crippen molar-refractivity contribution in [1.29, 1.82) is 0 Å². The number of fused-ring (bicyclic) bond motifs is 1. The number of ether oxygens (including phenoxy) is 3. The van der Waals surface area contributed by atoms with Gasteiger partial charge >= 0.3 is 5.97 Å². The van der Waals surface area contributed by atoms with Gasteiger partial charge in [-0.25, -0.2) is 9.79 Å². The molecule has 0 radical (unpaired) electrons. The zero-order valence-electron chi connectivity index (χ0n) is 20.8. The van der Waals surface area contributed by atoms with Crippen molar-refractivity contribution in [3.05, 3.63) is 83.0 Å². The Labute approximate surface area is 220 Å². The quantitative estimate of drug-likeness (QED) is 0.422. The van der Waals surface area contributed by atoms with Crippen LogP contribution in [-0.4, -0.2) is 46.0 Å². The molecule has 0 saturated carbocycles. The normalized spacial score (nSPS) is 15.3. The molecule has 4 rings (SSSR count). The van der Waals surface area contributed by atoms with Gasteiger partial charge in [0.15, 0.2) is 4.80 Å². The number of halogens is 1. The summed E-state index contributed by atoms with van der Waals surface area (Å²) in [5.74, 6) is 0.514. The molecule has 3 aromatic rings. The lowest BCUT2D eigenvalue weighted by atomic mass is 9.95. The molecule has 188 valence electrons. The number of benzene rings is 2. The van der Waals surface area contributed by atoms with Crippen LogP contribution in [0.4, 0.5) is 5.69 Å². The average molecular weight is 572 g/mol. The van der Waals surface area contributed by atoms with Gasteiger partial charge < -0.3 is 19.1 Å². The number of rotatable bonds is 6. The third kappa shape index (κ3) is 4.58. The molecule has 1 aliphatic rings. The third-order valence-electron chi connectivity index (χ3n) is 5.91. The molecule has 0 aliphatic carbocycles. The zero-order chi connectivity index (χ0) is 26.1. The number of allylic oxidation sites excluding steroid dienone is 1. The van der Waals surface area contributed by atoms with Crippen molar-refractivity contribution in [3.63, 3.8) is 0 Å². The Morgan fingerprint density at radius 3 is 2.50 bits per heavy atom. The van der Waals surface area contributed by atoms with Crippen molar-refractivity contribution in [2.24, 2.45) is 4.99 Å². The minimum absolute atomic E-state index is 0.261. The van der Waals surface area contributed by atoms with Crippen molar-refractivity contribution in [3.8, 4) is 11.5 Å². The molecular weight excluding hydrogens is 546 g/mol. The van der Waals surface area contributed by atoms with E-state index in [9.17, 15) is 9.59 Å². The summed E-state index contributed by atoms with van der Waals surface area (Å²) in [6.07, 6.45) is 1.83. The van der Waals surface area contributed by atoms with Gasteiger partial charge in [-0.15, -0.1) is 0 Å². The Morgan fingerprint density at radius 1 is 1.14 bits per heavy atom. The molecule has 1 atom stereocenters. The van der Waals surface area contributed by atoms with Crippen LogP contribution in [0.3, 0.4) is 0 Å². The van der Waals surface area contributed by atoms with Crippen LogP contribution in [0.1, 0.15) is 24.1 Å². The predicted molar refractivity (Wildman–Crippen MR) is 144 cm³/mol. The fraction of sp³-hybridized carbons (Fsp3) is 0.269. The molecule has 1 aliphatic heterocycles. The largest absolute Gasteiger partial charge is 0.497 e. The Bertz CT molecular complexity index is 1550. The van der Waals surface area contributed by atoms with Crippen LogP contribution in [0, 0.1) is 0 Å². The number of carbonyl (C=O) groups excluding carboxylic acids is 1. The Balaban J connectivity index is 1.96. The number of methoxy groups -OCH3 is 3. The summed E-state index contributed by atoms with van der Waals surface area (Å²) in [5, 5.41) is 0. The molecule has 0 amide bonds. The number of hydrogen-bond donors (Lipinski definition) is 0. The van der Waals surface area contributed by atoms with Gasteiger partial charge in [0, 0.05) is 30.2 Å². The van der Waals surface area contributed by atoms with E-state index in [1.807, 2.05) is 43.3 Å². The fourth-order valence-corrected chi connectivity index (χ4v) is 5.96. The summed E-state index contributed by atoms with van der Waals surface area (Å²) < 4.78 is 19.0. The van der Waals surface area contributed by atoms with Gasteiger partial charge in [-0.2, -0.15) is 0 Å². The minimum atomic E-state index is -0.778. The highest BCUT2D eigenvalue weighted by Crippen LogP contribution is 2.37. The van der Waals surface area contributed by atoms with Gasteiger partial charge in [-0.05, 0) is 58.8 Å². The van der Waals surface area contributed by atoms with Crippen molar-refractivity contribution in [2.75, 3.05) is 40.3 Å². The summed E-state index contributed by atoms with van der Waals surface area (Å²) in [7, 11) is 8.33. The van der Waals surface area contributed by atoms with Gasteiger partial charge in [-0.1, -0.05) is 17.4 Å². The molecule has 10 heteroatoms. The highest BCUT2D eigenvalue weighted by molar-refractivity contribution is 9.10. The number of nitrogens with zero attached hydrogens (tertiary/aromatic N) is 3. The molecular formula is C26H26BrN3O5S. The lowest BCUT2D eigenvalue weighted by Gasteiger charge is -2.25. The highest BCUT2D eigenvalue weighted by atomic mass is 79.9. The maximum Gasteiger partial charge on any atom is 0.338 e. The molecule has 1 unspecified atom stereocenters. The van der Waals surface area contributed by atoms with Gasteiger partial charge in [-0.3, -0.25) is 9.36 Å². The smallest absolute Gasteiger partial charge is 0.338 e. The van der Waals surface area contributed by atoms with Crippen molar-refractivity contribution < 1.29 is 19.0 Å². The maximum atomic E-state index is 13.8. The van der Waals surface area contributed by atoms with Crippen LogP contribution in [0.25, 0.3) is 6.08 Å². The average Bonchev–Trinajstić information content (AvgIpc) is 3.16. The van der Waals surface area contributed by atoms with Crippen LogP contribution < -0.4 is 29.3 Å². The summed E-state index contributed by atoms with van der Waals surface area (Å²) >= 11 is 4.87. The van der Waals surface area contributed by atoms with Crippen molar-refractivity contribution >= 4 is 45.0 Å². The van der Waals surface area contributed by atoms with E-state index in [-0.39, 0.29) is 11.1 Å². The van der Waals surface area contributed by atoms with E-state index in [0.29, 0.717) is 32.1 Å². The van der Waals surface area contributed by atoms with E-state index in [1.165, 1.54) is 30.1 Å². The van der Waals surface area contributed by atoms with E-state index in [4.69, 9.17) is 14.2 Å². The van der Waals surface area contributed by atoms with Crippen LogP contribution in [0.5, 0.6) is 11.5 Å². The SMILES string of the molecule is COC(=O)C1=C(C)N=c2sc(=Cc3ccc(N(C)C)c(Br)c3)c(=O)n2C1c1ccc(OC)cc1OC. The number of thiazole rings is 1.